The Morgan fingerprint density at radius 3 is 2.71 bits per heavy atom. The zero-order chi connectivity index (χ0) is 15.1. The summed E-state index contributed by atoms with van der Waals surface area (Å²) in [5.74, 6) is 4.38. The van der Waals surface area contributed by atoms with Gasteiger partial charge >= 0.3 is 0 Å². The molecule has 0 bridgehead atoms. The normalized spacial score (nSPS) is 9.86. The van der Waals surface area contributed by atoms with E-state index in [1.54, 1.807) is 0 Å². The van der Waals surface area contributed by atoms with Crippen molar-refractivity contribution < 1.29 is 18.6 Å². The minimum absolute atomic E-state index is 0.00756. The summed E-state index contributed by atoms with van der Waals surface area (Å²) < 4.78 is 31.5. The third-order valence-corrected chi connectivity index (χ3v) is 2.68. The van der Waals surface area contributed by atoms with E-state index in [2.05, 4.69) is 11.8 Å². The molecule has 108 valence electrons. The third-order valence-electron chi connectivity index (χ3n) is 2.68. The van der Waals surface area contributed by atoms with Gasteiger partial charge in [-0.2, -0.15) is 0 Å². The SMILES string of the molecule is OCCC#Cc1cccc(COc2ccc(F)cc2F)c1. The van der Waals surface area contributed by atoms with Crippen molar-refractivity contribution in [2.24, 2.45) is 0 Å². The maximum Gasteiger partial charge on any atom is 0.167 e. The Balaban J connectivity index is 2.03. The molecule has 0 spiro atoms. The summed E-state index contributed by atoms with van der Waals surface area (Å²) in [4.78, 5) is 0. The van der Waals surface area contributed by atoms with Gasteiger partial charge in [-0.05, 0) is 29.8 Å². The number of ether oxygens (including phenoxy) is 1. The number of halogens is 2. The van der Waals surface area contributed by atoms with E-state index in [9.17, 15) is 8.78 Å². The molecule has 1 N–H and O–H groups in total. The molecule has 0 saturated carbocycles. The second-order valence-corrected chi connectivity index (χ2v) is 4.34. The highest BCUT2D eigenvalue weighted by molar-refractivity contribution is 5.37. The van der Waals surface area contributed by atoms with Crippen LogP contribution in [0.15, 0.2) is 42.5 Å². The lowest BCUT2D eigenvalue weighted by Crippen LogP contribution is -1.98. The van der Waals surface area contributed by atoms with Crippen molar-refractivity contribution in [3.63, 3.8) is 0 Å². The Kier molecular flexibility index (Phi) is 5.30. The molecule has 21 heavy (non-hydrogen) atoms. The highest BCUT2D eigenvalue weighted by Gasteiger charge is 2.05. The van der Waals surface area contributed by atoms with E-state index in [1.807, 2.05) is 24.3 Å². The molecule has 0 saturated heterocycles. The number of aliphatic hydroxyl groups is 1. The van der Waals surface area contributed by atoms with Gasteiger partial charge in [-0.3, -0.25) is 0 Å². The molecule has 2 aromatic carbocycles. The van der Waals surface area contributed by atoms with Crippen LogP contribution < -0.4 is 4.74 Å². The average molecular weight is 288 g/mol. The average Bonchev–Trinajstić information content (AvgIpc) is 2.47. The van der Waals surface area contributed by atoms with Crippen molar-refractivity contribution in [1.29, 1.82) is 0 Å². The van der Waals surface area contributed by atoms with Gasteiger partial charge in [0.05, 0.1) is 6.61 Å². The van der Waals surface area contributed by atoms with E-state index in [-0.39, 0.29) is 19.0 Å². The molecule has 0 atom stereocenters. The van der Waals surface area contributed by atoms with Crippen molar-refractivity contribution in [3.05, 3.63) is 65.2 Å². The first-order chi connectivity index (χ1) is 10.2. The quantitative estimate of drug-likeness (QED) is 0.875. The third kappa shape index (κ3) is 4.59. The van der Waals surface area contributed by atoms with Gasteiger partial charge in [0.1, 0.15) is 12.4 Å². The van der Waals surface area contributed by atoms with E-state index in [0.29, 0.717) is 6.42 Å². The Labute approximate surface area is 122 Å². The lowest BCUT2D eigenvalue weighted by molar-refractivity contribution is 0.289. The van der Waals surface area contributed by atoms with Gasteiger partial charge in [-0.1, -0.05) is 24.0 Å². The maximum absolute atomic E-state index is 13.4. The largest absolute Gasteiger partial charge is 0.486 e. The predicted molar refractivity (Wildman–Crippen MR) is 75.7 cm³/mol. The van der Waals surface area contributed by atoms with Crippen LogP contribution in [0.2, 0.25) is 0 Å². The molecule has 0 heterocycles. The van der Waals surface area contributed by atoms with Gasteiger partial charge in [0, 0.05) is 18.1 Å². The van der Waals surface area contributed by atoms with Crippen molar-refractivity contribution >= 4 is 0 Å². The van der Waals surface area contributed by atoms with Gasteiger partial charge in [0.25, 0.3) is 0 Å². The zero-order valence-corrected chi connectivity index (χ0v) is 11.3. The van der Waals surface area contributed by atoms with Gasteiger partial charge in [-0.15, -0.1) is 0 Å². The topological polar surface area (TPSA) is 29.5 Å². The van der Waals surface area contributed by atoms with Crippen LogP contribution in [-0.2, 0) is 6.61 Å². The maximum atomic E-state index is 13.4. The smallest absolute Gasteiger partial charge is 0.167 e. The Morgan fingerprint density at radius 1 is 1.10 bits per heavy atom. The van der Waals surface area contributed by atoms with E-state index in [1.165, 1.54) is 6.07 Å². The van der Waals surface area contributed by atoms with Gasteiger partial charge in [-0.25, -0.2) is 8.78 Å². The first-order valence-corrected chi connectivity index (χ1v) is 6.45. The number of hydrogen-bond donors (Lipinski definition) is 1. The molecule has 2 aromatic rings. The molecule has 0 unspecified atom stereocenters. The molecular weight excluding hydrogens is 274 g/mol. The molecular formula is C17H14F2O2. The van der Waals surface area contributed by atoms with Crippen molar-refractivity contribution in [2.75, 3.05) is 6.61 Å². The molecule has 0 fully saturated rings. The Bertz CT molecular complexity index is 672. The predicted octanol–water partition coefficient (Wildman–Crippen LogP) is 3.28. The summed E-state index contributed by atoms with van der Waals surface area (Å²) in [6.07, 6.45) is 0.418. The number of rotatable bonds is 4. The first kappa shape index (κ1) is 15.0. The van der Waals surface area contributed by atoms with Crippen LogP contribution in [0.4, 0.5) is 8.78 Å². The summed E-state index contributed by atoms with van der Waals surface area (Å²) in [7, 11) is 0. The summed E-state index contributed by atoms with van der Waals surface area (Å²) in [6.45, 7) is 0.192. The Hall–Kier alpha value is -2.38. The molecule has 0 radical (unpaired) electrons. The van der Waals surface area contributed by atoms with Crippen LogP contribution in [0.25, 0.3) is 0 Å². The molecule has 2 nitrogen and oxygen atoms in total. The molecule has 0 aliphatic carbocycles. The highest BCUT2D eigenvalue weighted by Crippen LogP contribution is 2.19. The van der Waals surface area contributed by atoms with Crippen LogP contribution in [-0.4, -0.2) is 11.7 Å². The van der Waals surface area contributed by atoms with Crippen molar-refractivity contribution in [3.8, 4) is 17.6 Å². The fourth-order valence-electron chi connectivity index (χ4n) is 1.71. The van der Waals surface area contributed by atoms with E-state index in [4.69, 9.17) is 9.84 Å². The standard InChI is InChI=1S/C17H14F2O2/c18-15-7-8-17(16(19)11-15)21-12-14-6-3-5-13(10-14)4-1-2-9-20/h3,5-8,10-11,20H,2,9,12H2. The van der Waals surface area contributed by atoms with Crippen LogP contribution in [0.3, 0.4) is 0 Å². The van der Waals surface area contributed by atoms with Gasteiger partial charge in [0.15, 0.2) is 11.6 Å². The minimum atomic E-state index is -0.728. The number of hydrogen-bond acceptors (Lipinski definition) is 2. The fraction of sp³-hybridized carbons (Fsp3) is 0.176. The summed E-state index contributed by atoms with van der Waals surface area (Å²) in [5, 5.41) is 8.67. The number of benzene rings is 2. The summed E-state index contributed by atoms with van der Waals surface area (Å²) in [6, 6.07) is 10.5. The molecule has 2 rings (SSSR count). The van der Waals surface area contributed by atoms with E-state index in [0.717, 1.165) is 23.3 Å². The van der Waals surface area contributed by atoms with Gasteiger partial charge < -0.3 is 9.84 Å². The fourth-order valence-corrected chi connectivity index (χ4v) is 1.71. The van der Waals surface area contributed by atoms with Crippen LogP contribution in [0.5, 0.6) is 5.75 Å². The number of aliphatic hydroxyl groups excluding tert-OH is 1. The lowest BCUT2D eigenvalue weighted by Gasteiger charge is -2.07. The summed E-state index contributed by atoms with van der Waals surface area (Å²) >= 11 is 0. The van der Waals surface area contributed by atoms with E-state index < -0.39 is 11.6 Å². The highest BCUT2D eigenvalue weighted by atomic mass is 19.1. The van der Waals surface area contributed by atoms with Crippen molar-refractivity contribution in [1.82, 2.24) is 0 Å². The lowest BCUT2D eigenvalue weighted by atomic mass is 10.1. The molecule has 0 aliphatic rings. The second kappa shape index (κ2) is 7.41. The van der Waals surface area contributed by atoms with Crippen LogP contribution >= 0.6 is 0 Å². The zero-order valence-electron chi connectivity index (χ0n) is 11.3. The van der Waals surface area contributed by atoms with Gasteiger partial charge in [0.2, 0.25) is 0 Å². The molecule has 0 amide bonds. The Morgan fingerprint density at radius 2 is 1.95 bits per heavy atom. The molecule has 0 aromatic heterocycles. The molecule has 0 aliphatic heterocycles. The van der Waals surface area contributed by atoms with Crippen molar-refractivity contribution in [2.45, 2.75) is 13.0 Å². The first-order valence-electron chi connectivity index (χ1n) is 6.45. The van der Waals surface area contributed by atoms with Crippen LogP contribution in [0, 0.1) is 23.5 Å². The van der Waals surface area contributed by atoms with E-state index >= 15 is 0 Å². The summed E-state index contributed by atoms with van der Waals surface area (Å²) in [5.41, 5.74) is 1.62. The minimum Gasteiger partial charge on any atom is -0.486 e. The van der Waals surface area contributed by atoms with Crippen LogP contribution in [0.1, 0.15) is 17.5 Å². The second-order valence-electron chi connectivity index (χ2n) is 4.34. The monoisotopic (exact) mass is 288 g/mol. The molecule has 4 heteroatoms.